The van der Waals surface area contributed by atoms with Crippen molar-refractivity contribution in [3.63, 3.8) is 0 Å². The Morgan fingerprint density at radius 3 is 2.63 bits per heavy atom. The number of amidine groups is 1. The number of ether oxygens (including phenoxy) is 1. The van der Waals surface area contributed by atoms with Gasteiger partial charge in [-0.2, -0.15) is 10.4 Å². The first-order chi connectivity index (χ1) is 18.4. The fraction of sp³-hybridized carbons (Fsp3) is 0.320. The number of hydrogen-bond acceptors (Lipinski definition) is 7. The molecule has 0 N–H and O–H groups in total. The van der Waals surface area contributed by atoms with E-state index in [2.05, 4.69) is 31.3 Å². The van der Waals surface area contributed by atoms with Gasteiger partial charge in [0.2, 0.25) is 0 Å². The van der Waals surface area contributed by atoms with E-state index >= 15 is 0 Å². The van der Waals surface area contributed by atoms with Gasteiger partial charge < -0.3 is 9.41 Å². The number of nitro benzene ring substituents is 1. The second-order valence-electron chi connectivity index (χ2n) is 8.84. The van der Waals surface area contributed by atoms with E-state index in [0.717, 1.165) is 22.4 Å². The van der Waals surface area contributed by atoms with E-state index in [1.54, 1.807) is 10.7 Å². The molecule has 1 aromatic heterocycles. The number of halogens is 1. The third-order valence-electron chi connectivity index (χ3n) is 6.54. The highest BCUT2D eigenvalue weighted by atomic mass is 79.9. The predicted molar refractivity (Wildman–Crippen MR) is 149 cm³/mol. The molecule has 1 atom stereocenters. The minimum atomic E-state index is -2.79. The number of benzene rings is 2. The highest BCUT2D eigenvalue weighted by Crippen LogP contribution is 2.62. The Bertz CT molecular complexity index is 1510. The van der Waals surface area contributed by atoms with Crippen LogP contribution in [0.3, 0.4) is 0 Å². The van der Waals surface area contributed by atoms with Crippen molar-refractivity contribution in [1.82, 2.24) is 19.1 Å². The van der Waals surface area contributed by atoms with Crippen LogP contribution in [0.4, 0.5) is 17.2 Å². The third-order valence-corrected chi connectivity index (χ3v) is 11.0. The molecule has 3 aromatic rings. The number of fused-ring (bicyclic) bond motifs is 1. The van der Waals surface area contributed by atoms with E-state index in [-0.39, 0.29) is 5.69 Å². The molecular formula is C25H26BrN8O3P. The van der Waals surface area contributed by atoms with Crippen molar-refractivity contribution >= 4 is 51.6 Å². The fourth-order valence-corrected chi connectivity index (χ4v) is 9.26. The molecule has 0 spiro atoms. The van der Waals surface area contributed by atoms with Crippen molar-refractivity contribution in [3.8, 4) is 6.07 Å². The summed E-state index contributed by atoms with van der Waals surface area (Å²) in [6.07, 6.45) is 0.299. The van der Waals surface area contributed by atoms with Crippen LogP contribution in [-0.4, -0.2) is 63.2 Å². The van der Waals surface area contributed by atoms with Gasteiger partial charge in [-0.3, -0.25) is 10.1 Å². The normalized spacial score (nSPS) is 19.4. The summed E-state index contributed by atoms with van der Waals surface area (Å²) in [5, 5.41) is 26.4. The molecule has 1 fully saturated rings. The standard InChI is InChI=1S/C25H26BrN8O3P/c1-18-23-25(33(29-18)12-6-11-27)28-24(19-7-4-3-5-8-19)31(2)38(23,32-13-15-37-16-14-32)30-22-10-9-20(34(35)36)17-21(22)26/h3-5,7-10,17H,6,12-16H2,1-2H3/t38-/m1/s1. The molecule has 0 amide bonds. The molecule has 2 aliphatic heterocycles. The largest absolute Gasteiger partial charge is 0.379 e. The Morgan fingerprint density at radius 1 is 1.24 bits per heavy atom. The van der Waals surface area contributed by atoms with Gasteiger partial charge in [0.25, 0.3) is 5.69 Å². The van der Waals surface area contributed by atoms with E-state index in [9.17, 15) is 15.4 Å². The Hall–Kier alpha value is -3.36. The average molecular weight is 597 g/mol. The summed E-state index contributed by atoms with van der Waals surface area (Å²) in [4.78, 5) is 16.1. The van der Waals surface area contributed by atoms with Crippen LogP contribution in [0.5, 0.6) is 0 Å². The minimum absolute atomic E-state index is 0.0145. The zero-order valence-corrected chi connectivity index (χ0v) is 23.5. The molecule has 11 nitrogen and oxygen atoms in total. The summed E-state index contributed by atoms with van der Waals surface area (Å²) in [5.74, 6) is 1.44. The second-order valence-corrected chi connectivity index (χ2v) is 12.6. The van der Waals surface area contributed by atoms with Crippen LogP contribution >= 0.6 is 23.3 Å². The molecule has 0 radical (unpaired) electrons. The van der Waals surface area contributed by atoms with Gasteiger partial charge in [0.15, 0.2) is 13.2 Å². The zero-order valence-electron chi connectivity index (χ0n) is 21.0. The van der Waals surface area contributed by atoms with E-state index in [0.29, 0.717) is 55.2 Å². The lowest BCUT2D eigenvalue weighted by molar-refractivity contribution is -0.384. The highest BCUT2D eigenvalue weighted by Gasteiger charge is 2.45. The quantitative estimate of drug-likeness (QED) is 0.219. The van der Waals surface area contributed by atoms with Crippen LogP contribution in [0.2, 0.25) is 0 Å². The number of nitro groups is 1. The molecule has 5 rings (SSSR count). The van der Waals surface area contributed by atoms with Crippen molar-refractivity contribution < 1.29 is 9.66 Å². The maximum atomic E-state index is 11.4. The number of morpholine rings is 1. The summed E-state index contributed by atoms with van der Waals surface area (Å²) in [7, 11) is -0.783. The molecule has 38 heavy (non-hydrogen) atoms. The van der Waals surface area contributed by atoms with E-state index in [1.165, 1.54) is 12.1 Å². The maximum Gasteiger partial charge on any atom is 0.270 e. The molecule has 196 valence electrons. The van der Waals surface area contributed by atoms with E-state index in [1.807, 2.05) is 44.3 Å². The van der Waals surface area contributed by atoms with Crippen molar-refractivity contribution in [1.29, 1.82) is 5.26 Å². The molecular weight excluding hydrogens is 571 g/mol. The fourth-order valence-electron chi connectivity index (χ4n) is 4.81. The Labute approximate surface area is 228 Å². The number of aliphatic imine (C=N–C) groups is 1. The molecule has 1 saturated heterocycles. The Morgan fingerprint density at radius 2 is 1.97 bits per heavy atom. The maximum absolute atomic E-state index is 11.4. The molecule has 0 bridgehead atoms. The van der Waals surface area contributed by atoms with Crippen LogP contribution in [-0.2, 0) is 11.3 Å². The number of nitriles is 1. The number of hydrogen-bond donors (Lipinski definition) is 0. The lowest BCUT2D eigenvalue weighted by Crippen LogP contribution is -2.45. The summed E-state index contributed by atoms with van der Waals surface area (Å²) < 4.78 is 18.0. The second kappa shape index (κ2) is 10.8. The van der Waals surface area contributed by atoms with Crippen molar-refractivity contribution in [2.75, 3.05) is 33.4 Å². The zero-order chi connectivity index (χ0) is 26.9. The van der Waals surface area contributed by atoms with Gasteiger partial charge in [-0.05, 0) is 28.9 Å². The topological polar surface area (TPSA) is 125 Å². The molecule has 13 heteroatoms. The van der Waals surface area contributed by atoms with Crippen LogP contribution in [0.25, 0.3) is 0 Å². The monoisotopic (exact) mass is 596 g/mol. The highest BCUT2D eigenvalue weighted by molar-refractivity contribution is 9.10. The SMILES string of the molecule is Cc1nn(CCC#N)c2c1[P@](=Nc1ccc([N+](=O)[O-])cc1Br)(N1CCOCC1)N(C)C(c1ccccc1)=N2. The first-order valence-electron chi connectivity index (χ1n) is 12.1. The average Bonchev–Trinajstić information content (AvgIpc) is 3.25. The van der Waals surface area contributed by atoms with E-state index < -0.39 is 12.3 Å². The molecule has 0 saturated carbocycles. The van der Waals surface area contributed by atoms with Gasteiger partial charge in [0, 0.05) is 37.8 Å². The Kier molecular flexibility index (Phi) is 7.45. The lowest BCUT2D eigenvalue weighted by Gasteiger charge is -2.46. The molecule has 2 aromatic carbocycles. The van der Waals surface area contributed by atoms with Gasteiger partial charge in [-0.1, -0.05) is 30.3 Å². The van der Waals surface area contributed by atoms with Crippen molar-refractivity contribution in [2.45, 2.75) is 19.9 Å². The van der Waals surface area contributed by atoms with Crippen LogP contribution < -0.4 is 5.30 Å². The number of nitrogens with zero attached hydrogens (tertiary/aromatic N) is 8. The molecule has 3 heterocycles. The van der Waals surface area contributed by atoms with Gasteiger partial charge >= 0.3 is 0 Å². The minimum Gasteiger partial charge on any atom is -0.379 e. The van der Waals surface area contributed by atoms with Gasteiger partial charge in [0.05, 0.1) is 58.3 Å². The first-order valence-corrected chi connectivity index (χ1v) is 14.5. The Balaban J connectivity index is 1.85. The number of rotatable bonds is 6. The summed E-state index contributed by atoms with van der Waals surface area (Å²) in [5.41, 5.74) is 2.32. The smallest absolute Gasteiger partial charge is 0.270 e. The molecule has 0 unspecified atom stereocenters. The number of non-ortho nitro benzene ring substituents is 1. The van der Waals surface area contributed by atoms with Crippen LogP contribution in [0, 0.1) is 28.4 Å². The molecule has 0 aliphatic carbocycles. The van der Waals surface area contributed by atoms with Crippen molar-refractivity contribution in [3.05, 3.63) is 74.4 Å². The third kappa shape index (κ3) is 4.56. The van der Waals surface area contributed by atoms with Crippen LogP contribution in [0.15, 0.2) is 62.7 Å². The predicted octanol–water partition coefficient (Wildman–Crippen LogP) is 5.12. The molecule has 2 aliphatic rings. The van der Waals surface area contributed by atoms with Gasteiger partial charge in [-0.25, -0.2) is 19.1 Å². The van der Waals surface area contributed by atoms with E-state index in [4.69, 9.17) is 19.6 Å². The number of aryl methyl sites for hydroxylation is 2. The van der Waals surface area contributed by atoms with Gasteiger partial charge in [0.1, 0.15) is 5.84 Å². The van der Waals surface area contributed by atoms with Gasteiger partial charge in [-0.15, -0.1) is 0 Å². The number of aromatic nitrogens is 2. The summed E-state index contributed by atoms with van der Waals surface area (Å²) in [6, 6.07) is 16.8. The summed E-state index contributed by atoms with van der Waals surface area (Å²) in [6.45, 7) is 4.77. The van der Waals surface area contributed by atoms with Crippen molar-refractivity contribution in [2.24, 2.45) is 9.74 Å². The lowest BCUT2D eigenvalue weighted by atomic mass is 10.2. The summed E-state index contributed by atoms with van der Waals surface area (Å²) >= 11 is 3.54. The first kappa shape index (κ1) is 26.3. The van der Waals surface area contributed by atoms with Crippen LogP contribution in [0.1, 0.15) is 17.7 Å².